The predicted molar refractivity (Wildman–Crippen MR) is 114 cm³/mol. The minimum atomic E-state index is -0.116. The molecule has 0 radical (unpaired) electrons. The molecule has 2 saturated heterocycles. The zero-order chi connectivity index (χ0) is 20.4. The van der Waals surface area contributed by atoms with Gasteiger partial charge >= 0.3 is 0 Å². The van der Waals surface area contributed by atoms with Crippen LogP contribution in [0.2, 0.25) is 0 Å². The summed E-state index contributed by atoms with van der Waals surface area (Å²) in [6.45, 7) is 5.42. The van der Waals surface area contributed by atoms with Crippen LogP contribution in [0, 0.1) is 6.92 Å². The van der Waals surface area contributed by atoms with E-state index in [1.807, 2.05) is 36.1 Å². The summed E-state index contributed by atoms with van der Waals surface area (Å²) in [6.07, 6.45) is 4.12. The Balaban J connectivity index is 1.61. The Labute approximate surface area is 172 Å². The van der Waals surface area contributed by atoms with Crippen LogP contribution in [0.4, 0.5) is 0 Å². The molecule has 4 rings (SSSR count). The number of pyridine rings is 1. The van der Waals surface area contributed by atoms with E-state index in [-0.39, 0.29) is 30.2 Å². The largest absolute Gasteiger partial charge is 0.376 e. The summed E-state index contributed by atoms with van der Waals surface area (Å²) in [5.74, 6) is 0.0196. The van der Waals surface area contributed by atoms with Gasteiger partial charge in [0.1, 0.15) is 6.54 Å². The summed E-state index contributed by atoms with van der Waals surface area (Å²) in [5.41, 5.74) is 1.65. The van der Waals surface area contributed by atoms with Gasteiger partial charge in [0.25, 0.3) is 5.56 Å². The van der Waals surface area contributed by atoms with E-state index in [2.05, 4.69) is 11.9 Å². The van der Waals surface area contributed by atoms with Crippen LogP contribution < -0.4 is 5.56 Å². The molecular formula is C23H31N3O3. The highest BCUT2D eigenvalue weighted by Crippen LogP contribution is 2.22. The number of carbonyl (C=O) groups excluding carboxylic acids is 1. The van der Waals surface area contributed by atoms with Crippen molar-refractivity contribution < 1.29 is 9.53 Å². The van der Waals surface area contributed by atoms with Gasteiger partial charge in [-0.3, -0.25) is 14.2 Å². The van der Waals surface area contributed by atoms with Crippen molar-refractivity contribution >= 4 is 16.8 Å². The number of para-hydroxylation sites is 1. The molecule has 1 amide bonds. The Bertz CT molecular complexity index is 925. The molecule has 1 atom stereocenters. The SMILES string of the molecule is Cc1cc(=O)n(CC(=O)N(C[C@@H]2CCCO2)C2CCN(C)CC2)c2ccccc12. The number of hydrogen-bond acceptors (Lipinski definition) is 4. The molecular weight excluding hydrogens is 366 g/mol. The Kier molecular flexibility index (Phi) is 6.01. The fourth-order valence-electron chi connectivity index (χ4n) is 4.66. The van der Waals surface area contributed by atoms with Gasteiger partial charge in [-0.05, 0) is 64.4 Å². The Morgan fingerprint density at radius 3 is 2.69 bits per heavy atom. The third-order valence-corrected chi connectivity index (χ3v) is 6.39. The van der Waals surface area contributed by atoms with Crippen molar-refractivity contribution in [2.45, 2.75) is 51.3 Å². The minimum Gasteiger partial charge on any atom is -0.376 e. The van der Waals surface area contributed by atoms with Crippen molar-refractivity contribution in [3.8, 4) is 0 Å². The second kappa shape index (κ2) is 8.67. The number of amides is 1. The Hall–Kier alpha value is -2.18. The number of carbonyl (C=O) groups is 1. The van der Waals surface area contributed by atoms with Crippen molar-refractivity contribution in [3.63, 3.8) is 0 Å². The number of rotatable bonds is 5. The molecule has 2 fully saturated rings. The zero-order valence-electron chi connectivity index (χ0n) is 17.5. The number of aryl methyl sites for hydroxylation is 1. The topological polar surface area (TPSA) is 54.8 Å². The van der Waals surface area contributed by atoms with Crippen molar-refractivity contribution in [2.75, 3.05) is 33.3 Å². The lowest BCUT2D eigenvalue weighted by Crippen LogP contribution is -2.50. The highest BCUT2D eigenvalue weighted by Gasteiger charge is 2.30. The lowest BCUT2D eigenvalue weighted by Gasteiger charge is -2.38. The maximum atomic E-state index is 13.5. The number of likely N-dealkylation sites (tertiary alicyclic amines) is 1. The van der Waals surface area contributed by atoms with E-state index < -0.39 is 0 Å². The summed E-state index contributed by atoms with van der Waals surface area (Å²) < 4.78 is 7.46. The monoisotopic (exact) mass is 397 g/mol. The first-order valence-electron chi connectivity index (χ1n) is 10.7. The number of hydrogen-bond donors (Lipinski definition) is 0. The quantitative estimate of drug-likeness (QED) is 0.778. The van der Waals surface area contributed by atoms with Crippen LogP contribution >= 0.6 is 0 Å². The fraction of sp³-hybridized carbons (Fsp3) is 0.565. The van der Waals surface area contributed by atoms with Crippen LogP contribution in [-0.2, 0) is 16.1 Å². The molecule has 2 aliphatic heterocycles. The van der Waals surface area contributed by atoms with Gasteiger partial charge in [0.05, 0.1) is 11.6 Å². The Morgan fingerprint density at radius 2 is 1.97 bits per heavy atom. The number of benzene rings is 1. The maximum absolute atomic E-state index is 13.5. The van der Waals surface area contributed by atoms with Crippen LogP contribution in [-0.4, -0.2) is 65.7 Å². The van der Waals surface area contributed by atoms with E-state index in [0.29, 0.717) is 6.54 Å². The number of fused-ring (bicyclic) bond motifs is 1. The molecule has 2 aliphatic rings. The summed E-state index contributed by atoms with van der Waals surface area (Å²) in [6, 6.07) is 9.67. The number of nitrogens with zero attached hydrogens (tertiary/aromatic N) is 3. The summed E-state index contributed by atoms with van der Waals surface area (Å²) >= 11 is 0. The molecule has 2 aromatic rings. The summed E-state index contributed by atoms with van der Waals surface area (Å²) in [4.78, 5) is 30.5. The zero-order valence-corrected chi connectivity index (χ0v) is 17.5. The van der Waals surface area contributed by atoms with Crippen LogP contribution in [0.15, 0.2) is 35.1 Å². The molecule has 1 aromatic carbocycles. The first kappa shape index (κ1) is 20.1. The first-order chi connectivity index (χ1) is 14.0. The average molecular weight is 398 g/mol. The number of ether oxygens (including phenoxy) is 1. The molecule has 29 heavy (non-hydrogen) atoms. The van der Waals surface area contributed by atoms with Crippen molar-refractivity contribution in [2.24, 2.45) is 0 Å². The maximum Gasteiger partial charge on any atom is 0.251 e. The molecule has 156 valence electrons. The molecule has 0 bridgehead atoms. The fourth-order valence-corrected chi connectivity index (χ4v) is 4.66. The normalized spacial score (nSPS) is 21.0. The average Bonchev–Trinajstić information content (AvgIpc) is 3.23. The van der Waals surface area contributed by atoms with E-state index in [1.165, 1.54) is 0 Å². The third-order valence-electron chi connectivity index (χ3n) is 6.39. The van der Waals surface area contributed by atoms with Crippen molar-refractivity contribution in [1.82, 2.24) is 14.4 Å². The molecule has 0 unspecified atom stereocenters. The van der Waals surface area contributed by atoms with Crippen LogP contribution in [0.1, 0.15) is 31.2 Å². The van der Waals surface area contributed by atoms with Crippen LogP contribution in [0.25, 0.3) is 10.9 Å². The van der Waals surface area contributed by atoms with Gasteiger partial charge in [0, 0.05) is 30.6 Å². The molecule has 3 heterocycles. The molecule has 1 aromatic heterocycles. The van der Waals surface area contributed by atoms with Gasteiger partial charge in [0.2, 0.25) is 5.91 Å². The van der Waals surface area contributed by atoms with E-state index in [1.54, 1.807) is 10.6 Å². The van der Waals surface area contributed by atoms with E-state index >= 15 is 0 Å². The summed E-state index contributed by atoms with van der Waals surface area (Å²) in [7, 11) is 2.13. The van der Waals surface area contributed by atoms with E-state index in [9.17, 15) is 9.59 Å². The van der Waals surface area contributed by atoms with Gasteiger partial charge in [-0.15, -0.1) is 0 Å². The molecule has 0 N–H and O–H groups in total. The van der Waals surface area contributed by atoms with Gasteiger partial charge < -0.3 is 14.5 Å². The Morgan fingerprint density at radius 1 is 1.21 bits per heavy atom. The highest BCUT2D eigenvalue weighted by atomic mass is 16.5. The standard InChI is InChI=1S/C23H31N3O3/c1-17-14-22(27)26(21-8-4-3-7-20(17)21)16-23(28)25(15-19-6-5-13-29-19)18-9-11-24(2)12-10-18/h3-4,7-8,14,18-19H,5-6,9-13,15-16H2,1-2H3/t19-/m0/s1. The second-order valence-corrected chi connectivity index (χ2v) is 8.48. The molecule has 6 nitrogen and oxygen atoms in total. The summed E-state index contributed by atoms with van der Waals surface area (Å²) in [5, 5.41) is 1.02. The number of piperidine rings is 1. The van der Waals surface area contributed by atoms with Crippen molar-refractivity contribution in [3.05, 3.63) is 46.2 Å². The lowest BCUT2D eigenvalue weighted by atomic mass is 10.0. The highest BCUT2D eigenvalue weighted by molar-refractivity contribution is 5.84. The molecule has 0 saturated carbocycles. The smallest absolute Gasteiger partial charge is 0.251 e. The van der Waals surface area contributed by atoms with Crippen LogP contribution in [0.3, 0.4) is 0 Å². The van der Waals surface area contributed by atoms with Crippen molar-refractivity contribution in [1.29, 1.82) is 0 Å². The minimum absolute atomic E-state index is 0.0196. The van der Waals surface area contributed by atoms with Gasteiger partial charge in [-0.2, -0.15) is 0 Å². The molecule has 0 spiro atoms. The van der Waals surface area contributed by atoms with Gasteiger partial charge in [-0.1, -0.05) is 18.2 Å². The van der Waals surface area contributed by atoms with Gasteiger partial charge in [0.15, 0.2) is 0 Å². The predicted octanol–water partition coefficient (Wildman–Crippen LogP) is 2.41. The molecule has 6 heteroatoms. The first-order valence-corrected chi connectivity index (χ1v) is 10.7. The second-order valence-electron chi connectivity index (χ2n) is 8.48. The van der Waals surface area contributed by atoms with Gasteiger partial charge in [-0.25, -0.2) is 0 Å². The van der Waals surface area contributed by atoms with E-state index in [4.69, 9.17) is 4.74 Å². The lowest BCUT2D eigenvalue weighted by molar-refractivity contribution is -0.137. The number of aromatic nitrogens is 1. The molecule has 0 aliphatic carbocycles. The van der Waals surface area contributed by atoms with Crippen LogP contribution in [0.5, 0.6) is 0 Å². The van der Waals surface area contributed by atoms with E-state index in [0.717, 1.165) is 61.8 Å². The third kappa shape index (κ3) is 4.38.